The number of hydrogen-bond donors (Lipinski definition) is 1. The average molecular weight is 374 g/mol. The van der Waals surface area contributed by atoms with Crippen molar-refractivity contribution in [3.8, 4) is 0 Å². The van der Waals surface area contributed by atoms with Crippen molar-refractivity contribution in [1.29, 1.82) is 0 Å². The number of hydrogen-bond acceptors (Lipinski definition) is 3. The van der Waals surface area contributed by atoms with Crippen LogP contribution in [0.3, 0.4) is 0 Å². The molecule has 150 valence electrons. The fourth-order valence-corrected chi connectivity index (χ4v) is 7.45. The lowest BCUT2D eigenvalue weighted by molar-refractivity contribution is -0.148. The van der Waals surface area contributed by atoms with Gasteiger partial charge < -0.3 is 10.1 Å². The van der Waals surface area contributed by atoms with Gasteiger partial charge in [0, 0.05) is 26.3 Å². The zero-order chi connectivity index (χ0) is 19.4. The largest absolute Gasteiger partial charge is 0.462 e. The average Bonchev–Trinajstić information content (AvgIpc) is 2.91. The quantitative estimate of drug-likeness (QED) is 0.577. The predicted octanol–water partition coefficient (Wildman–Crippen LogP) is 4.39. The lowest BCUT2D eigenvalue weighted by Gasteiger charge is -2.58. The molecule has 4 heteroatoms. The van der Waals surface area contributed by atoms with Crippen molar-refractivity contribution in [2.24, 2.45) is 28.6 Å². The second-order valence-electron chi connectivity index (χ2n) is 10.1. The molecule has 4 rings (SSSR count). The summed E-state index contributed by atoms with van der Waals surface area (Å²) >= 11 is 0. The molecule has 3 fully saturated rings. The normalized spacial score (nSPS) is 45.8. The third kappa shape index (κ3) is 3.03. The second kappa shape index (κ2) is 6.63. The molecular weight excluding hydrogens is 338 g/mol. The van der Waals surface area contributed by atoms with Gasteiger partial charge in [0.25, 0.3) is 0 Å². The summed E-state index contributed by atoms with van der Waals surface area (Å²) < 4.78 is 5.54. The molecule has 0 aromatic rings. The molecule has 0 saturated heterocycles. The molecule has 0 aromatic heterocycles. The predicted molar refractivity (Wildman–Crippen MR) is 105 cm³/mol. The Morgan fingerprint density at radius 1 is 1.07 bits per heavy atom. The highest BCUT2D eigenvalue weighted by Gasteiger charge is 2.58. The van der Waals surface area contributed by atoms with Gasteiger partial charge in [-0.1, -0.05) is 25.5 Å². The van der Waals surface area contributed by atoms with Gasteiger partial charge in [-0.25, -0.2) is 0 Å². The molecule has 0 spiro atoms. The van der Waals surface area contributed by atoms with Crippen molar-refractivity contribution in [1.82, 2.24) is 5.32 Å². The zero-order valence-electron chi connectivity index (χ0n) is 17.3. The van der Waals surface area contributed by atoms with E-state index in [0.717, 1.165) is 43.9 Å². The van der Waals surface area contributed by atoms with E-state index in [4.69, 9.17) is 4.74 Å². The Morgan fingerprint density at radius 2 is 1.85 bits per heavy atom. The highest BCUT2D eigenvalue weighted by Crippen LogP contribution is 2.64. The number of esters is 1. The molecule has 4 aliphatic carbocycles. The Balaban J connectivity index is 1.55. The van der Waals surface area contributed by atoms with Gasteiger partial charge in [-0.2, -0.15) is 0 Å². The summed E-state index contributed by atoms with van der Waals surface area (Å²) in [5.74, 6) is 2.16. The van der Waals surface area contributed by atoms with Gasteiger partial charge in [-0.15, -0.1) is 0 Å². The van der Waals surface area contributed by atoms with Crippen LogP contribution < -0.4 is 5.32 Å². The Bertz CT molecular complexity index is 671. The fourth-order valence-electron chi connectivity index (χ4n) is 7.45. The van der Waals surface area contributed by atoms with Crippen molar-refractivity contribution in [3.05, 3.63) is 11.6 Å². The minimum Gasteiger partial charge on any atom is -0.462 e. The first kappa shape index (κ1) is 19.0. The second-order valence-corrected chi connectivity index (χ2v) is 10.1. The molecule has 0 radical (unpaired) electrons. The van der Waals surface area contributed by atoms with E-state index in [1.807, 2.05) is 0 Å². The minimum absolute atomic E-state index is 0.0721. The van der Waals surface area contributed by atoms with Crippen LogP contribution in [0.15, 0.2) is 11.6 Å². The molecule has 7 atom stereocenters. The number of allylic oxidation sites excluding steroid dienone is 1. The lowest BCUT2D eigenvalue weighted by Crippen LogP contribution is -2.53. The number of fused-ring (bicyclic) bond motifs is 5. The number of nitrogens with one attached hydrogen (secondary N) is 1. The number of rotatable bonds is 2. The van der Waals surface area contributed by atoms with E-state index in [1.54, 1.807) is 12.5 Å². The third-order valence-corrected chi connectivity index (χ3v) is 8.77. The maximum Gasteiger partial charge on any atom is 0.302 e. The van der Waals surface area contributed by atoms with Crippen LogP contribution in [-0.2, 0) is 14.3 Å². The molecule has 3 saturated carbocycles. The molecule has 0 bridgehead atoms. The van der Waals surface area contributed by atoms with Crippen LogP contribution in [0, 0.1) is 28.6 Å². The van der Waals surface area contributed by atoms with Crippen LogP contribution in [0.25, 0.3) is 0 Å². The van der Waals surface area contributed by atoms with E-state index in [-0.39, 0.29) is 28.8 Å². The molecule has 0 heterocycles. The van der Waals surface area contributed by atoms with E-state index < -0.39 is 0 Å². The van der Waals surface area contributed by atoms with E-state index in [0.29, 0.717) is 12.0 Å². The maximum atomic E-state index is 11.7. The first-order valence-corrected chi connectivity index (χ1v) is 10.9. The summed E-state index contributed by atoms with van der Waals surface area (Å²) in [4.78, 5) is 23.1. The number of amides is 1. The van der Waals surface area contributed by atoms with Crippen LogP contribution in [0.1, 0.15) is 79.1 Å². The smallest absolute Gasteiger partial charge is 0.302 e. The molecule has 4 nitrogen and oxygen atoms in total. The Morgan fingerprint density at radius 3 is 2.56 bits per heavy atom. The first-order valence-electron chi connectivity index (χ1n) is 10.9. The van der Waals surface area contributed by atoms with Crippen molar-refractivity contribution < 1.29 is 14.3 Å². The Labute approximate surface area is 163 Å². The highest BCUT2D eigenvalue weighted by molar-refractivity contribution is 5.73. The minimum atomic E-state index is -0.152. The topological polar surface area (TPSA) is 55.4 Å². The van der Waals surface area contributed by atoms with Gasteiger partial charge in [0.15, 0.2) is 0 Å². The third-order valence-electron chi connectivity index (χ3n) is 8.77. The van der Waals surface area contributed by atoms with Crippen LogP contribution >= 0.6 is 0 Å². The van der Waals surface area contributed by atoms with E-state index in [9.17, 15) is 9.59 Å². The summed E-state index contributed by atoms with van der Waals surface area (Å²) in [5, 5.41) is 3.26. The van der Waals surface area contributed by atoms with Crippen LogP contribution in [0.5, 0.6) is 0 Å². The van der Waals surface area contributed by atoms with Crippen LogP contribution in [0.4, 0.5) is 0 Å². The van der Waals surface area contributed by atoms with Gasteiger partial charge in [0.2, 0.25) is 5.91 Å². The fraction of sp³-hybridized carbons (Fsp3) is 0.826. The summed E-state index contributed by atoms with van der Waals surface area (Å²) in [5.41, 5.74) is 2.07. The lowest BCUT2D eigenvalue weighted by atomic mass is 9.48. The SMILES string of the molecule is CC(=O)N[C@@H]1CC[C@H]2[C@@H]3CC=C4C[C@@H](OC(C)=O)CC[C@]4(C)[C@@H]3CC[C@]12C. The molecular formula is C23H35NO3. The maximum absolute atomic E-state index is 11.7. The number of carbonyl (C=O) groups excluding carboxylic acids is 2. The van der Waals surface area contributed by atoms with Crippen molar-refractivity contribution in [2.45, 2.75) is 91.2 Å². The van der Waals surface area contributed by atoms with Gasteiger partial charge in [0.1, 0.15) is 6.10 Å². The Hall–Kier alpha value is -1.32. The molecule has 0 aromatic carbocycles. The Kier molecular flexibility index (Phi) is 4.67. The summed E-state index contributed by atoms with van der Waals surface area (Å²) in [6.45, 7) is 8.08. The van der Waals surface area contributed by atoms with E-state index >= 15 is 0 Å². The van der Waals surface area contributed by atoms with E-state index in [2.05, 4.69) is 25.2 Å². The molecule has 0 unspecified atom stereocenters. The van der Waals surface area contributed by atoms with E-state index in [1.165, 1.54) is 26.2 Å². The zero-order valence-corrected chi connectivity index (χ0v) is 17.3. The summed E-state index contributed by atoms with van der Waals surface area (Å²) in [6.07, 6.45) is 11.6. The van der Waals surface area contributed by atoms with Crippen LogP contribution in [0.2, 0.25) is 0 Å². The van der Waals surface area contributed by atoms with Gasteiger partial charge in [-0.05, 0) is 73.5 Å². The summed E-state index contributed by atoms with van der Waals surface area (Å²) in [6, 6.07) is 0.346. The van der Waals surface area contributed by atoms with Gasteiger partial charge in [-0.3, -0.25) is 9.59 Å². The summed E-state index contributed by atoms with van der Waals surface area (Å²) in [7, 11) is 0. The van der Waals surface area contributed by atoms with Crippen molar-refractivity contribution in [2.75, 3.05) is 0 Å². The van der Waals surface area contributed by atoms with Gasteiger partial charge >= 0.3 is 5.97 Å². The highest BCUT2D eigenvalue weighted by atomic mass is 16.5. The molecule has 4 aliphatic rings. The van der Waals surface area contributed by atoms with Gasteiger partial charge in [0.05, 0.1) is 0 Å². The standard InChI is InChI=1S/C23H35NO3/c1-14(25)24-21-8-7-19-18-6-5-16-13-17(27-15(2)26)9-11-22(16,3)20(18)10-12-23(19,21)4/h5,17-21H,6-13H2,1-4H3,(H,24,25)/t17-,18-,19-,20+,21+,22-,23-/m0/s1. The number of carbonyl (C=O) groups is 2. The monoisotopic (exact) mass is 373 g/mol. The molecule has 0 aliphatic heterocycles. The first-order chi connectivity index (χ1) is 12.7. The number of ether oxygens (including phenoxy) is 1. The van der Waals surface area contributed by atoms with Crippen LogP contribution in [-0.4, -0.2) is 24.0 Å². The van der Waals surface area contributed by atoms with Crippen molar-refractivity contribution >= 4 is 11.9 Å². The molecule has 1 N–H and O–H groups in total. The van der Waals surface area contributed by atoms with Crippen molar-refractivity contribution in [3.63, 3.8) is 0 Å². The molecule has 27 heavy (non-hydrogen) atoms. The molecule has 1 amide bonds.